The molecule has 0 bridgehead atoms. The summed E-state index contributed by atoms with van der Waals surface area (Å²) in [6.07, 6.45) is -3.89. The van der Waals surface area contributed by atoms with E-state index < -0.39 is 36.7 Å². The first-order valence-corrected chi connectivity index (χ1v) is 11.2. The molecule has 1 fully saturated rings. The number of hydrogen-bond donors (Lipinski definition) is 2. The van der Waals surface area contributed by atoms with Crippen LogP contribution < -0.4 is 11.1 Å². The molecule has 0 aromatic heterocycles. The fraction of sp³-hybridized carbons (Fsp3) is 0.609. The minimum Gasteiger partial charge on any atom is -0.453 e. The van der Waals surface area contributed by atoms with Gasteiger partial charge in [-0.2, -0.15) is 0 Å². The summed E-state index contributed by atoms with van der Waals surface area (Å²) in [6.45, 7) is 6.00. The van der Waals surface area contributed by atoms with Crippen molar-refractivity contribution in [1.82, 2.24) is 5.32 Å². The lowest BCUT2D eigenvalue weighted by Gasteiger charge is -2.43. The molecular weight excluding hydrogens is 448 g/mol. The molecule has 2 rings (SSSR count). The number of hydrogen-bond acceptors (Lipinski definition) is 9. The molecule has 1 aliphatic heterocycles. The first kappa shape index (κ1) is 27.4. The summed E-state index contributed by atoms with van der Waals surface area (Å²) in [7, 11) is 0. The van der Waals surface area contributed by atoms with Crippen LogP contribution in [0.25, 0.3) is 0 Å². The number of benzene rings is 1. The highest BCUT2D eigenvalue weighted by Gasteiger charge is 2.48. The molecule has 1 saturated heterocycles. The van der Waals surface area contributed by atoms with E-state index in [1.54, 1.807) is 0 Å². The number of carbonyl (C=O) groups excluding carboxylic acids is 3. The Hall–Kier alpha value is -2.89. The lowest BCUT2D eigenvalue weighted by Crippen LogP contribution is -2.57. The van der Waals surface area contributed by atoms with Gasteiger partial charge in [0.25, 0.3) is 0 Å². The highest BCUT2D eigenvalue weighted by Crippen LogP contribution is 2.32. The predicted octanol–water partition coefficient (Wildman–Crippen LogP) is 2.11. The van der Waals surface area contributed by atoms with Crippen molar-refractivity contribution in [2.75, 3.05) is 26.4 Å². The fourth-order valence-corrected chi connectivity index (χ4v) is 3.59. The second-order valence-corrected chi connectivity index (χ2v) is 7.76. The number of amides is 2. The van der Waals surface area contributed by atoms with Gasteiger partial charge >= 0.3 is 18.2 Å². The van der Waals surface area contributed by atoms with Gasteiger partial charge < -0.3 is 39.5 Å². The molecule has 3 N–H and O–H groups in total. The molecule has 11 nitrogen and oxygen atoms in total. The highest BCUT2D eigenvalue weighted by molar-refractivity contribution is 5.67. The molecule has 11 heteroatoms. The Kier molecular flexibility index (Phi) is 11.6. The minimum atomic E-state index is -0.970. The van der Waals surface area contributed by atoms with Gasteiger partial charge in [-0.05, 0) is 12.0 Å². The van der Waals surface area contributed by atoms with Crippen molar-refractivity contribution >= 4 is 18.2 Å². The molecule has 1 heterocycles. The summed E-state index contributed by atoms with van der Waals surface area (Å²) < 4.78 is 32.8. The number of ether oxygens (including phenoxy) is 6. The van der Waals surface area contributed by atoms with Crippen LogP contribution in [0, 0.1) is 5.92 Å². The van der Waals surface area contributed by atoms with Gasteiger partial charge in [0, 0.05) is 19.4 Å². The average molecular weight is 483 g/mol. The molecule has 0 radical (unpaired) electrons. The van der Waals surface area contributed by atoms with E-state index >= 15 is 0 Å². The molecule has 0 saturated carbocycles. The summed E-state index contributed by atoms with van der Waals surface area (Å²) in [5, 5.41) is 2.59. The van der Waals surface area contributed by atoms with Crippen LogP contribution in [-0.4, -0.2) is 69.1 Å². The monoisotopic (exact) mass is 482 g/mol. The van der Waals surface area contributed by atoms with E-state index in [0.717, 1.165) is 5.56 Å². The molecule has 5 atom stereocenters. The highest BCUT2D eigenvalue weighted by atomic mass is 16.7. The second-order valence-electron chi connectivity index (χ2n) is 7.76. The quantitative estimate of drug-likeness (QED) is 0.260. The average Bonchev–Trinajstić information content (AvgIpc) is 2.80. The minimum absolute atomic E-state index is 0.120. The molecule has 1 aromatic carbocycles. The van der Waals surface area contributed by atoms with Crippen LogP contribution in [0.5, 0.6) is 0 Å². The number of primary amides is 1. The van der Waals surface area contributed by atoms with Crippen LogP contribution in [0.15, 0.2) is 30.3 Å². The Morgan fingerprint density at radius 2 is 1.79 bits per heavy atom. The first-order chi connectivity index (χ1) is 16.3. The molecule has 34 heavy (non-hydrogen) atoms. The lowest BCUT2D eigenvalue weighted by atomic mass is 9.89. The standard InChI is InChI=1S/C23H34N2O9/c1-4-18-15(2)19(34-22(24)27)20(32-16(3)26)21(33-18)30-13-12-29-11-10-25-23(28)31-14-17-8-6-5-7-9-17/h5-9,15,18-21H,4,10-14H2,1-3H3,(H2,24,27)(H,25,28)/t15-,18-,19+,20+,21+/m1/s1. The van der Waals surface area contributed by atoms with Crippen LogP contribution in [-0.2, 0) is 39.8 Å². The summed E-state index contributed by atoms with van der Waals surface area (Å²) >= 11 is 0. The SMILES string of the molecule is CC[C@H]1O[C@H](OCCOCCNC(=O)OCc2ccccc2)[C@@H](OC(C)=O)[C@@H](OC(N)=O)[C@@H]1C. The van der Waals surface area contributed by atoms with Crippen LogP contribution >= 0.6 is 0 Å². The van der Waals surface area contributed by atoms with Gasteiger partial charge in [0.15, 0.2) is 18.5 Å². The number of nitrogens with two attached hydrogens (primary N) is 1. The largest absolute Gasteiger partial charge is 0.453 e. The molecule has 1 aromatic rings. The number of rotatable bonds is 12. The van der Waals surface area contributed by atoms with Crippen molar-refractivity contribution in [3.05, 3.63) is 35.9 Å². The van der Waals surface area contributed by atoms with Crippen molar-refractivity contribution in [3.63, 3.8) is 0 Å². The fourth-order valence-electron chi connectivity index (χ4n) is 3.59. The van der Waals surface area contributed by atoms with Gasteiger partial charge in [-0.3, -0.25) is 4.79 Å². The maximum absolute atomic E-state index is 11.7. The lowest BCUT2D eigenvalue weighted by molar-refractivity contribution is -0.288. The predicted molar refractivity (Wildman–Crippen MR) is 120 cm³/mol. The molecule has 0 spiro atoms. The number of alkyl carbamates (subject to hydrolysis) is 1. The zero-order valence-corrected chi connectivity index (χ0v) is 19.8. The third kappa shape index (κ3) is 9.16. The van der Waals surface area contributed by atoms with Gasteiger partial charge in [-0.25, -0.2) is 9.59 Å². The second kappa shape index (κ2) is 14.4. The zero-order chi connectivity index (χ0) is 24.9. The van der Waals surface area contributed by atoms with Gasteiger partial charge in [0.05, 0.1) is 25.9 Å². The van der Waals surface area contributed by atoms with E-state index in [0.29, 0.717) is 6.42 Å². The summed E-state index contributed by atoms with van der Waals surface area (Å²) in [5.41, 5.74) is 6.10. The van der Waals surface area contributed by atoms with Crippen molar-refractivity contribution in [3.8, 4) is 0 Å². The van der Waals surface area contributed by atoms with Crippen LogP contribution in [0.2, 0.25) is 0 Å². The van der Waals surface area contributed by atoms with Gasteiger partial charge in [-0.15, -0.1) is 0 Å². The summed E-state index contributed by atoms with van der Waals surface area (Å²) in [4.78, 5) is 34.7. The smallest absolute Gasteiger partial charge is 0.407 e. The number of esters is 1. The molecule has 1 aliphatic rings. The van der Waals surface area contributed by atoms with Crippen molar-refractivity contribution in [1.29, 1.82) is 0 Å². The Labute approximate surface area is 199 Å². The molecule has 2 amide bonds. The normalized spacial score (nSPS) is 24.1. The Morgan fingerprint density at radius 1 is 1.06 bits per heavy atom. The summed E-state index contributed by atoms with van der Waals surface area (Å²) in [6, 6.07) is 9.35. The van der Waals surface area contributed by atoms with E-state index in [1.165, 1.54) is 6.92 Å². The number of carbonyl (C=O) groups is 3. The van der Waals surface area contributed by atoms with E-state index in [2.05, 4.69) is 5.32 Å². The summed E-state index contributed by atoms with van der Waals surface area (Å²) in [5.74, 6) is -0.824. The van der Waals surface area contributed by atoms with E-state index in [-0.39, 0.29) is 45.0 Å². The molecule has 0 aliphatic carbocycles. The maximum Gasteiger partial charge on any atom is 0.407 e. The van der Waals surface area contributed by atoms with Crippen LogP contribution in [0.4, 0.5) is 9.59 Å². The van der Waals surface area contributed by atoms with Gasteiger partial charge in [0.1, 0.15) is 6.61 Å². The molecule has 190 valence electrons. The Morgan fingerprint density at radius 3 is 2.44 bits per heavy atom. The van der Waals surface area contributed by atoms with Crippen molar-refractivity contribution < 1.29 is 42.8 Å². The van der Waals surface area contributed by atoms with Crippen molar-refractivity contribution in [2.24, 2.45) is 11.7 Å². The first-order valence-electron chi connectivity index (χ1n) is 11.2. The van der Waals surface area contributed by atoms with Crippen LogP contribution in [0.1, 0.15) is 32.8 Å². The molecular formula is C23H34N2O9. The van der Waals surface area contributed by atoms with Crippen molar-refractivity contribution in [2.45, 2.75) is 58.4 Å². The third-order valence-electron chi connectivity index (χ3n) is 5.20. The molecule has 0 unspecified atom stereocenters. The number of nitrogens with one attached hydrogen (secondary N) is 1. The zero-order valence-electron chi connectivity index (χ0n) is 19.8. The topological polar surface area (TPSA) is 145 Å². The van der Waals surface area contributed by atoms with Crippen LogP contribution in [0.3, 0.4) is 0 Å². The Bertz CT molecular complexity index is 777. The maximum atomic E-state index is 11.7. The van der Waals surface area contributed by atoms with E-state index in [9.17, 15) is 14.4 Å². The van der Waals surface area contributed by atoms with E-state index in [1.807, 2.05) is 44.2 Å². The van der Waals surface area contributed by atoms with Gasteiger partial charge in [0.2, 0.25) is 0 Å². The Balaban J connectivity index is 1.72. The third-order valence-corrected chi connectivity index (χ3v) is 5.20. The van der Waals surface area contributed by atoms with Gasteiger partial charge in [-0.1, -0.05) is 44.2 Å². The van der Waals surface area contributed by atoms with E-state index in [4.69, 9.17) is 34.2 Å².